The van der Waals surface area contributed by atoms with Gasteiger partial charge < -0.3 is 15.4 Å². The lowest BCUT2D eigenvalue weighted by Gasteiger charge is -2.35. The van der Waals surface area contributed by atoms with Crippen LogP contribution in [0.25, 0.3) is 0 Å². The lowest BCUT2D eigenvalue weighted by molar-refractivity contribution is 0.120. The molecule has 1 fully saturated rings. The van der Waals surface area contributed by atoms with Crippen LogP contribution in [-0.4, -0.2) is 43.8 Å². The molecule has 84 valence electrons. The SMILES string of the molecule is CC(N)C(C)(C)CN(C)C1CCOC1. The summed E-state index contributed by atoms with van der Waals surface area (Å²) in [5.74, 6) is 0. The lowest BCUT2D eigenvalue weighted by atomic mass is 9.85. The fraction of sp³-hybridized carbons (Fsp3) is 1.00. The summed E-state index contributed by atoms with van der Waals surface area (Å²) in [6.45, 7) is 9.37. The minimum absolute atomic E-state index is 0.178. The maximum absolute atomic E-state index is 5.96. The van der Waals surface area contributed by atoms with Crippen LogP contribution >= 0.6 is 0 Å². The van der Waals surface area contributed by atoms with E-state index in [-0.39, 0.29) is 11.5 Å². The van der Waals surface area contributed by atoms with Gasteiger partial charge in [-0.3, -0.25) is 0 Å². The lowest BCUT2D eigenvalue weighted by Crippen LogP contribution is -2.46. The minimum atomic E-state index is 0.178. The van der Waals surface area contributed by atoms with Crippen LogP contribution in [0.15, 0.2) is 0 Å². The van der Waals surface area contributed by atoms with Gasteiger partial charge in [0.25, 0.3) is 0 Å². The maximum Gasteiger partial charge on any atom is 0.0622 e. The minimum Gasteiger partial charge on any atom is -0.380 e. The van der Waals surface area contributed by atoms with Crippen LogP contribution in [-0.2, 0) is 4.74 Å². The molecule has 1 saturated heterocycles. The second kappa shape index (κ2) is 4.60. The second-order valence-corrected chi connectivity index (χ2v) is 5.21. The standard InChI is InChI=1S/C11H24N2O/c1-9(12)11(2,3)8-13(4)10-5-6-14-7-10/h9-10H,5-8,12H2,1-4H3. The van der Waals surface area contributed by atoms with Gasteiger partial charge in [0.1, 0.15) is 0 Å². The summed E-state index contributed by atoms with van der Waals surface area (Å²) in [6, 6.07) is 0.820. The van der Waals surface area contributed by atoms with Crippen molar-refractivity contribution in [3.8, 4) is 0 Å². The Kier molecular flexibility index (Phi) is 3.93. The van der Waals surface area contributed by atoms with Gasteiger partial charge in [0.05, 0.1) is 6.61 Å². The molecule has 0 aromatic carbocycles. The van der Waals surface area contributed by atoms with Crippen molar-refractivity contribution in [3.63, 3.8) is 0 Å². The molecule has 0 aromatic rings. The first-order valence-electron chi connectivity index (χ1n) is 5.47. The van der Waals surface area contributed by atoms with Crippen LogP contribution in [0.3, 0.4) is 0 Å². The second-order valence-electron chi connectivity index (χ2n) is 5.21. The summed E-state index contributed by atoms with van der Waals surface area (Å²) in [5, 5.41) is 0. The van der Waals surface area contributed by atoms with Crippen LogP contribution in [0.5, 0.6) is 0 Å². The highest BCUT2D eigenvalue weighted by Gasteiger charge is 2.28. The highest BCUT2D eigenvalue weighted by atomic mass is 16.5. The van der Waals surface area contributed by atoms with Gasteiger partial charge in [0, 0.05) is 25.2 Å². The Labute approximate surface area is 87.6 Å². The molecule has 2 N–H and O–H groups in total. The summed E-state index contributed by atoms with van der Waals surface area (Å²) >= 11 is 0. The first-order chi connectivity index (χ1) is 6.43. The largest absolute Gasteiger partial charge is 0.380 e. The Morgan fingerprint density at radius 1 is 1.57 bits per heavy atom. The van der Waals surface area contributed by atoms with Crippen LogP contribution < -0.4 is 5.73 Å². The summed E-state index contributed by atoms with van der Waals surface area (Å²) < 4.78 is 5.38. The first kappa shape index (κ1) is 12.0. The van der Waals surface area contributed by atoms with E-state index in [1.165, 1.54) is 0 Å². The summed E-state index contributed by atoms with van der Waals surface area (Å²) in [5.41, 5.74) is 6.14. The van der Waals surface area contributed by atoms with Gasteiger partial charge in [0.2, 0.25) is 0 Å². The van der Waals surface area contributed by atoms with Gasteiger partial charge >= 0.3 is 0 Å². The Morgan fingerprint density at radius 3 is 2.64 bits per heavy atom. The van der Waals surface area contributed by atoms with Crippen molar-refractivity contribution >= 4 is 0 Å². The predicted octanol–water partition coefficient (Wildman–Crippen LogP) is 1.08. The Bertz CT molecular complexity index is 174. The van der Waals surface area contributed by atoms with E-state index in [0.29, 0.717) is 6.04 Å². The molecule has 3 heteroatoms. The average Bonchev–Trinajstić information content (AvgIpc) is 2.54. The molecule has 0 aromatic heterocycles. The van der Waals surface area contributed by atoms with Crippen molar-refractivity contribution in [3.05, 3.63) is 0 Å². The molecule has 2 atom stereocenters. The van der Waals surface area contributed by atoms with Crippen LogP contribution in [0.4, 0.5) is 0 Å². The number of hydrogen-bond acceptors (Lipinski definition) is 3. The number of likely N-dealkylation sites (N-methyl/N-ethyl adjacent to an activating group) is 1. The fourth-order valence-electron chi connectivity index (χ4n) is 1.79. The van der Waals surface area contributed by atoms with Crippen molar-refractivity contribution in [2.45, 2.75) is 39.3 Å². The highest BCUT2D eigenvalue weighted by molar-refractivity contribution is 4.84. The van der Waals surface area contributed by atoms with Gasteiger partial charge in [-0.2, -0.15) is 0 Å². The molecule has 0 radical (unpaired) electrons. The van der Waals surface area contributed by atoms with E-state index >= 15 is 0 Å². The summed E-state index contributed by atoms with van der Waals surface area (Å²) in [7, 11) is 2.17. The van der Waals surface area contributed by atoms with Crippen molar-refractivity contribution in [1.82, 2.24) is 4.90 Å². The molecule has 1 aliphatic heterocycles. The normalized spacial score (nSPS) is 25.7. The van der Waals surface area contributed by atoms with Gasteiger partial charge in [-0.1, -0.05) is 13.8 Å². The van der Waals surface area contributed by atoms with E-state index < -0.39 is 0 Å². The summed E-state index contributed by atoms with van der Waals surface area (Å²) in [4.78, 5) is 2.39. The van der Waals surface area contributed by atoms with E-state index in [9.17, 15) is 0 Å². The quantitative estimate of drug-likeness (QED) is 0.738. The maximum atomic E-state index is 5.96. The molecule has 3 nitrogen and oxygen atoms in total. The zero-order valence-corrected chi connectivity index (χ0v) is 9.92. The first-order valence-corrected chi connectivity index (χ1v) is 5.47. The zero-order valence-electron chi connectivity index (χ0n) is 9.92. The topological polar surface area (TPSA) is 38.5 Å². The van der Waals surface area contributed by atoms with E-state index in [0.717, 1.165) is 26.2 Å². The molecule has 0 spiro atoms. The van der Waals surface area contributed by atoms with Crippen molar-refractivity contribution in [2.75, 3.05) is 26.8 Å². The molecular weight excluding hydrogens is 176 g/mol. The predicted molar refractivity (Wildman–Crippen MR) is 59.3 cm³/mol. The number of nitrogens with two attached hydrogens (primary N) is 1. The van der Waals surface area contributed by atoms with Gasteiger partial charge in [0.15, 0.2) is 0 Å². The van der Waals surface area contributed by atoms with Gasteiger partial charge in [-0.25, -0.2) is 0 Å². The van der Waals surface area contributed by atoms with Gasteiger partial charge in [-0.15, -0.1) is 0 Å². The molecule has 0 aliphatic carbocycles. The Balaban J connectivity index is 2.42. The van der Waals surface area contributed by atoms with Crippen LogP contribution in [0.1, 0.15) is 27.2 Å². The molecule has 1 heterocycles. The highest BCUT2D eigenvalue weighted by Crippen LogP contribution is 2.22. The number of rotatable bonds is 4. The molecule has 14 heavy (non-hydrogen) atoms. The van der Waals surface area contributed by atoms with Crippen molar-refractivity contribution in [1.29, 1.82) is 0 Å². The molecule has 1 aliphatic rings. The Morgan fingerprint density at radius 2 is 2.21 bits per heavy atom. The average molecular weight is 200 g/mol. The fourth-order valence-corrected chi connectivity index (χ4v) is 1.79. The smallest absolute Gasteiger partial charge is 0.0622 e. The number of ether oxygens (including phenoxy) is 1. The van der Waals surface area contributed by atoms with Crippen LogP contribution in [0, 0.1) is 5.41 Å². The molecule has 0 saturated carbocycles. The third-order valence-electron chi connectivity index (χ3n) is 3.42. The number of nitrogens with zero attached hydrogens (tertiary/aromatic N) is 1. The summed E-state index contributed by atoms with van der Waals surface area (Å²) in [6.07, 6.45) is 1.16. The van der Waals surface area contributed by atoms with E-state index in [1.807, 2.05) is 0 Å². The van der Waals surface area contributed by atoms with Crippen molar-refractivity contribution < 1.29 is 4.74 Å². The molecular formula is C11H24N2O. The van der Waals surface area contributed by atoms with Crippen LogP contribution in [0.2, 0.25) is 0 Å². The monoisotopic (exact) mass is 200 g/mol. The molecule has 1 rings (SSSR count). The third kappa shape index (κ3) is 2.94. The molecule has 0 amide bonds. The van der Waals surface area contributed by atoms with Crippen molar-refractivity contribution in [2.24, 2.45) is 11.1 Å². The van der Waals surface area contributed by atoms with E-state index in [4.69, 9.17) is 10.5 Å². The van der Waals surface area contributed by atoms with E-state index in [1.54, 1.807) is 0 Å². The Hall–Kier alpha value is -0.120. The van der Waals surface area contributed by atoms with E-state index in [2.05, 4.69) is 32.7 Å². The van der Waals surface area contributed by atoms with Gasteiger partial charge in [-0.05, 0) is 25.8 Å². The molecule has 0 bridgehead atoms. The third-order valence-corrected chi connectivity index (χ3v) is 3.42. The molecule has 2 unspecified atom stereocenters. The number of hydrogen-bond donors (Lipinski definition) is 1. The zero-order chi connectivity index (χ0) is 10.8.